The second kappa shape index (κ2) is 12.7. The minimum absolute atomic E-state index is 0.0603. The van der Waals surface area contributed by atoms with E-state index in [1.54, 1.807) is 36.4 Å². The maximum atomic E-state index is 13.1. The normalized spacial score (nSPS) is 13.3. The van der Waals surface area contributed by atoms with E-state index in [4.69, 9.17) is 16.3 Å². The molecule has 0 aliphatic carbocycles. The van der Waals surface area contributed by atoms with E-state index in [1.165, 1.54) is 0 Å². The van der Waals surface area contributed by atoms with Gasteiger partial charge in [-0.3, -0.25) is 14.6 Å². The predicted molar refractivity (Wildman–Crippen MR) is 147 cm³/mol. The average molecular weight is 534 g/mol. The van der Waals surface area contributed by atoms with Crippen molar-refractivity contribution in [2.75, 3.05) is 30.8 Å². The number of halogens is 1. The Labute approximate surface area is 225 Å². The number of benzene rings is 3. The Hall–Kier alpha value is -4.37. The number of carbonyl (C=O) groups excluding carboxylic acids is 3. The Morgan fingerprint density at radius 1 is 0.947 bits per heavy atom. The fourth-order valence-corrected chi connectivity index (χ4v) is 3.93. The number of nitrogens with one attached hydrogen (secondary N) is 3. The lowest BCUT2D eigenvalue weighted by molar-refractivity contribution is -0.146. The van der Waals surface area contributed by atoms with Crippen LogP contribution in [-0.4, -0.2) is 54.8 Å². The zero-order valence-electron chi connectivity index (χ0n) is 20.8. The van der Waals surface area contributed by atoms with Crippen molar-refractivity contribution in [2.24, 2.45) is 4.99 Å². The van der Waals surface area contributed by atoms with Gasteiger partial charge in [0.2, 0.25) is 5.91 Å². The van der Waals surface area contributed by atoms with Crippen LogP contribution in [0.4, 0.5) is 16.2 Å². The number of anilines is 2. The molecule has 3 aromatic rings. The van der Waals surface area contributed by atoms with Crippen molar-refractivity contribution < 1.29 is 19.1 Å². The van der Waals surface area contributed by atoms with Crippen LogP contribution < -0.4 is 16.0 Å². The first-order valence-corrected chi connectivity index (χ1v) is 12.4. The average Bonchev–Trinajstić information content (AvgIpc) is 3.35. The van der Waals surface area contributed by atoms with Gasteiger partial charge < -0.3 is 25.6 Å². The quantitative estimate of drug-likeness (QED) is 0.355. The molecule has 3 aromatic carbocycles. The second-order valence-corrected chi connectivity index (χ2v) is 9.14. The highest BCUT2D eigenvalue weighted by molar-refractivity contribution is 6.30. The van der Waals surface area contributed by atoms with Crippen LogP contribution in [0.1, 0.15) is 17.5 Å². The topological polar surface area (TPSA) is 112 Å². The number of likely N-dealkylation sites (N-methyl/N-ethyl adjacent to an activating group) is 1. The fraction of sp³-hybridized carbons (Fsp3) is 0.214. The molecule has 1 atom stereocenters. The van der Waals surface area contributed by atoms with E-state index in [0.717, 1.165) is 30.1 Å². The number of aliphatic imine (C=N–C) groups is 1. The molecule has 4 rings (SSSR count). The minimum atomic E-state index is -1.18. The summed E-state index contributed by atoms with van der Waals surface area (Å²) in [6.07, 6.45) is -0.355. The lowest BCUT2D eigenvalue weighted by atomic mass is 10.1. The van der Waals surface area contributed by atoms with E-state index < -0.39 is 23.9 Å². The van der Waals surface area contributed by atoms with Crippen molar-refractivity contribution in [1.29, 1.82) is 0 Å². The third kappa shape index (κ3) is 7.57. The number of carbonyl (C=O) groups is 3. The predicted octanol–water partition coefficient (Wildman–Crippen LogP) is 4.29. The molecular formula is C28H28ClN5O4. The summed E-state index contributed by atoms with van der Waals surface area (Å²) >= 11 is 5.89. The number of urea groups is 1. The molecule has 0 unspecified atom stereocenters. The highest BCUT2D eigenvalue weighted by atomic mass is 35.5. The first kappa shape index (κ1) is 26.7. The molecule has 0 saturated carbocycles. The SMILES string of the molecule is CN1CCN=C1c1ccc(NC(=O)[C@@H](CC(=O)OCc2ccccc2)NC(=O)Nc2ccc(Cl)cc2)cc1. The molecule has 10 heteroatoms. The monoisotopic (exact) mass is 533 g/mol. The highest BCUT2D eigenvalue weighted by Crippen LogP contribution is 2.16. The zero-order valence-corrected chi connectivity index (χ0v) is 21.6. The summed E-state index contributed by atoms with van der Waals surface area (Å²) in [5, 5.41) is 8.49. The largest absolute Gasteiger partial charge is 0.461 e. The van der Waals surface area contributed by atoms with Gasteiger partial charge in [0.05, 0.1) is 13.0 Å². The molecule has 38 heavy (non-hydrogen) atoms. The van der Waals surface area contributed by atoms with Crippen molar-refractivity contribution in [2.45, 2.75) is 19.1 Å². The van der Waals surface area contributed by atoms with Gasteiger partial charge in [-0.15, -0.1) is 0 Å². The fourth-order valence-electron chi connectivity index (χ4n) is 3.81. The lowest BCUT2D eigenvalue weighted by Crippen LogP contribution is -2.47. The molecule has 1 aliphatic rings. The molecule has 0 radical (unpaired) electrons. The Bertz CT molecular complexity index is 1300. The molecule has 0 aromatic heterocycles. The molecule has 3 amide bonds. The van der Waals surface area contributed by atoms with E-state index in [9.17, 15) is 14.4 Å². The van der Waals surface area contributed by atoms with Crippen LogP contribution in [0.2, 0.25) is 5.02 Å². The smallest absolute Gasteiger partial charge is 0.319 e. The molecule has 1 heterocycles. The Balaban J connectivity index is 1.41. The zero-order chi connectivity index (χ0) is 26.9. The van der Waals surface area contributed by atoms with Gasteiger partial charge >= 0.3 is 12.0 Å². The molecule has 3 N–H and O–H groups in total. The van der Waals surface area contributed by atoms with Crippen LogP contribution in [0, 0.1) is 0 Å². The summed E-state index contributed by atoms with van der Waals surface area (Å²) < 4.78 is 5.33. The lowest BCUT2D eigenvalue weighted by Gasteiger charge is -2.19. The van der Waals surface area contributed by atoms with E-state index in [2.05, 4.69) is 25.8 Å². The van der Waals surface area contributed by atoms with E-state index in [-0.39, 0.29) is 13.0 Å². The van der Waals surface area contributed by atoms with Crippen molar-refractivity contribution in [3.63, 3.8) is 0 Å². The number of amidine groups is 1. The number of hydrogen-bond acceptors (Lipinski definition) is 6. The second-order valence-electron chi connectivity index (χ2n) is 8.70. The molecule has 0 fully saturated rings. The number of nitrogens with zero attached hydrogens (tertiary/aromatic N) is 2. The minimum Gasteiger partial charge on any atom is -0.461 e. The van der Waals surface area contributed by atoms with Gasteiger partial charge in [0.1, 0.15) is 18.5 Å². The van der Waals surface area contributed by atoms with E-state index >= 15 is 0 Å². The summed E-state index contributed by atoms with van der Waals surface area (Å²) in [6.45, 7) is 1.67. The maximum absolute atomic E-state index is 13.1. The number of amides is 3. The first-order valence-electron chi connectivity index (χ1n) is 12.1. The molecule has 0 bridgehead atoms. The third-order valence-electron chi connectivity index (χ3n) is 5.81. The van der Waals surface area contributed by atoms with E-state index in [1.807, 2.05) is 49.5 Å². The molecular weight excluding hydrogens is 506 g/mol. The van der Waals surface area contributed by atoms with Crippen molar-refractivity contribution >= 4 is 46.7 Å². The molecule has 9 nitrogen and oxygen atoms in total. The third-order valence-corrected chi connectivity index (χ3v) is 6.06. The summed E-state index contributed by atoms with van der Waals surface area (Å²) in [4.78, 5) is 44.9. The van der Waals surface area contributed by atoms with Crippen molar-refractivity contribution in [3.8, 4) is 0 Å². The van der Waals surface area contributed by atoms with Crippen LogP contribution in [0.25, 0.3) is 0 Å². The molecule has 1 aliphatic heterocycles. The molecule has 0 saturated heterocycles. The Kier molecular flexibility index (Phi) is 8.94. The number of hydrogen-bond donors (Lipinski definition) is 3. The van der Waals surface area contributed by atoms with Crippen LogP contribution >= 0.6 is 11.6 Å². The standard InChI is InChI=1S/C28H28ClN5O4/c1-34-16-15-30-26(34)20-7-11-22(12-8-20)31-27(36)24(17-25(35)38-18-19-5-3-2-4-6-19)33-28(37)32-23-13-9-21(29)10-14-23/h2-14,24H,15-18H2,1H3,(H,31,36)(H2,32,33,37)/t24-/m1/s1. The van der Waals surface area contributed by atoms with Crippen LogP contribution in [0.5, 0.6) is 0 Å². The summed E-state index contributed by atoms with van der Waals surface area (Å²) in [7, 11) is 1.98. The van der Waals surface area contributed by atoms with Crippen LogP contribution in [0.15, 0.2) is 83.9 Å². The van der Waals surface area contributed by atoms with E-state index in [0.29, 0.717) is 16.4 Å². The molecule has 196 valence electrons. The summed E-state index contributed by atoms with van der Waals surface area (Å²) in [5.74, 6) is -0.295. The number of esters is 1. The van der Waals surface area contributed by atoms with Gasteiger partial charge in [-0.2, -0.15) is 0 Å². The number of rotatable bonds is 9. The summed E-state index contributed by atoms with van der Waals surface area (Å²) in [5.41, 5.74) is 2.74. The highest BCUT2D eigenvalue weighted by Gasteiger charge is 2.25. The number of ether oxygens (including phenoxy) is 1. The van der Waals surface area contributed by atoms with Crippen LogP contribution in [0.3, 0.4) is 0 Å². The Morgan fingerprint density at radius 3 is 2.26 bits per heavy atom. The van der Waals surface area contributed by atoms with Crippen molar-refractivity contribution in [3.05, 3.63) is 95.0 Å². The van der Waals surface area contributed by atoms with Gasteiger partial charge in [0.25, 0.3) is 0 Å². The van der Waals surface area contributed by atoms with Crippen LogP contribution in [-0.2, 0) is 20.9 Å². The van der Waals surface area contributed by atoms with Gasteiger partial charge in [-0.05, 0) is 54.1 Å². The summed E-state index contributed by atoms with van der Waals surface area (Å²) in [6, 6.07) is 21.1. The van der Waals surface area contributed by atoms with Gasteiger partial charge in [0.15, 0.2) is 0 Å². The molecule has 0 spiro atoms. The maximum Gasteiger partial charge on any atom is 0.319 e. The van der Waals surface area contributed by atoms with Crippen molar-refractivity contribution in [1.82, 2.24) is 10.2 Å². The van der Waals surface area contributed by atoms with Gasteiger partial charge in [-0.25, -0.2) is 4.79 Å². The Morgan fingerprint density at radius 2 is 1.61 bits per heavy atom. The van der Waals surface area contributed by atoms with Gasteiger partial charge in [0, 0.05) is 35.6 Å². The van der Waals surface area contributed by atoms with Gasteiger partial charge in [-0.1, -0.05) is 41.9 Å². The first-order chi connectivity index (χ1) is 18.4.